The van der Waals surface area contributed by atoms with E-state index in [1.807, 2.05) is 42.5 Å². The third-order valence-electron chi connectivity index (χ3n) is 9.69. The highest BCUT2D eigenvalue weighted by Crippen LogP contribution is 2.41. The fourth-order valence-electron chi connectivity index (χ4n) is 7.22. The van der Waals surface area contributed by atoms with Crippen LogP contribution in [-0.4, -0.2) is 15.0 Å². The zero-order chi connectivity index (χ0) is 33.7. The summed E-state index contributed by atoms with van der Waals surface area (Å²) in [5.74, 6) is 1.82. The molecule has 0 N–H and O–H groups in total. The van der Waals surface area contributed by atoms with Gasteiger partial charge in [-0.15, -0.1) is 0 Å². The number of para-hydroxylation sites is 1. The number of nitrogens with zero attached hydrogens (tertiary/aromatic N) is 3. The summed E-state index contributed by atoms with van der Waals surface area (Å²) in [6.45, 7) is 0. The fraction of sp³-hybridized carbons (Fsp3) is 0. The van der Waals surface area contributed by atoms with Gasteiger partial charge in [0.25, 0.3) is 0 Å². The molecule has 10 rings (SSSR count). The summed E-state index contributed by atoms with van der Waals surface area (Å²) in [4.78, 5) is 15.2. The Morgan fingerprint density at radius 1 is 0.314 bits per heavy atom. The Balaban J connectivity index is 1.21. The molecule has 0 aliphatic rings. The van der Waals surface area contributed by atoms with Crippen molar-refractivity contribution in [3.05, 3.63) is 176 Å². The van der Waals surface area contributed by atoms with Gasteiger partial charge in [0.2, 0.25) is 0 Å². The van der Waals surface area contributed by atoms with Crippen molar-refractivity contribution in [2.75, 3.05) is 0 Å². The third-order valence-corrected chi connectivity index (χ3v) is 9.69. The monoisotopic (exact) mass is 651 g/mol. The maximum atomic E-state index is 6.56. The lowest BCUT2D eigenvalue weighted by molar-refractivity contribution is 0.669. The molecule has 0 fully saturated rings. The molecule has 0 atom stereocenters. The smallest absolute Gasteiger partial charge is 0.164 e. The van der Waals surface area contributed by atoms with E-state index >= 15 is 0 Å². The predicted octanol–water partition coefficient (Wildman–Crippen LogP) is 12.4. The van der Waals surface area contributed by atoms with Crippen LogP contribution < -0.4 is 0 Å². The van der Waals surface area contributed by atoms with Gasteiger partial charge in [-0.05, 0) is 74.1 Å². The highest BCUT2D eigenvalue weighted by molar-refractivity contribution is 6.14. The number of rotatable bonds is 5. The molecule has 238 valence electrons. The van der Waals surface area contributed by atoms with Crippen molar-refractivity contribution in [1.82, 2.24) is 15.0 Å². The fourth-order valence-corrected chi connectivity index (χ4v) is 7.22. The van der Waals surface area contributed by atoms with E-state index in [1.165, 1.54) is 21.7 Å². The number of furan rings is 1. The minimum Gasteiger partial charge on any atom is -0.456 e. The normalized spacial score (nSPS) is 11.5. The van der Waals surface area contributed by atoms with E-state index in [-0.39, 0.29) is 0 Å². The molecule has 0 amide bonds. The van der Waals surface area contributed by atoms with Crippen LogP contribution in [0.4, 0.5) is 0 Å². The Hall–Kier alpha value is -6.91. The Morgan fingerprint density at radius 2 is 0.922 bits per heavy atom. The van der Waals surface area contributed by atoms with Gasteiger partial charge in [-0.3, -0.25) is 0 Å². The molecule has 4 nitrogen and oxygen atoms in total. The first-order valence-electron chi connectivity index (χ1n) is 17.1. The van der Waals surface area contributed by atoms with E-state index in [2.05, 4.69) is 133 Å². The van der Waals surface area contributed by atoms with Gasteiger partial charge < -0.3 is 4.42 Å². The van der Waals surface area contributed by atoms with Crippen LogP contribution in [0.5, 0.6) is 0 Å². The molecule has 0 saturated carbocycles. The van der Waals surface area contributed by atoms with Gasteiger partial charge in [0.15, 0.2) is 17.5 Å². The Bertz CT molecular complexity index is 2920. The molecule has 0 radical (unpaired) electrons. The van der Waals surface area contributed by atoms with Crippen molar-refractivity contribution in [2.45, 2.75) is 0 Å². The molecule has 10 aromatic rings. The van der Waals surface area contributed by atoms with Crippen molar-refractivity contribution >= 4 is 43.5 Å². The maximum Gasteiger partial charge on any atom is 0.164 e. The molecule has 2 aromatic heterocycles. The number of fused-ring (bicyclic) bond motifs is 5. The SMILES string of the molecule is c1ccc(-c2nc(-c3ccc4ccccc4c3)nc(-c3cc(-c4cccc(-c5cccc6ccccc56)c4)c4c(c3)oc3ccccc34)n2)cc1. The van der Waals surface area contributed by atoms with Crippen molar-refractivity contribution < 1.29 is 4.42 Å². The highest BCUT2D eigenvalue weighted by atomic mass is 16.3. The van der Waals surface area contributed by atoms with Crippen LogP contribution in [0.3, 0.4) is 0 Å². The summed E-state index contributed by atoms with van der Waals surface area (Å²) < 4.78 is 6.56. The van der Waals surface area contributed by atoms with Crippen LogP contribution in [-0.2, 0) is 0 Å². The molecule has 8 aromatic carbocycles. The predicted molar refractivity (Wildman–Crippen MR) is 209 cm³/mol. The van der Waals surface area contributed by atoms with E-state index in [0.29, 0.717) is 17.5 Å². The second-order valence-corrected chi connectivity index (χ2v) is 12.8. The first-order valence-corrected chi connectivity index (χ1v) is 17.1. The lowest BCUT2D eigenvalue weighted by atomic mass is 9.92. The van der Waals surface area contributed by atoms with E-state index in [1.54, 1.807) is 0 Å². The zero-order valence-corrected chi connectivity index (χ0v) is 27.5. The standard InChI is InChI=1S/C47H29N3O/c1-2-14-32(15-3-1)45-48-46(36-25-24-30-12-4-5-16-33(30)26-36)50-47(49-45)37-28-41(44-40-21-8-9-23-42(40)51-43(44)29-37)35-19-10-18-34(27-35)39-22-11-17-31-13-6-7-20-38(31)39/h1-29H. The molecular weight excluding hydrogens is 623 g/mol. The van der Waals surface area contributed by atoms with Crippen molar-refractivity contribution in [3.63, 3.8) is 0 Å². The lowest BCUT2D eigenvalue weighted by Gasteiger charge is -2.12. The van der Waals surface area contributed by atoms with Gasteiger partial charge in [-0.2, -0.15) is 0 Å². The first-order chi connectivity index (χ1) is 25.2. The molecule has 51 heavy (non-hydrogen) atoms. The molecular formula is C47H29N3O. The van der Waals surface area contributed by atoms with Gasteiger partial charge in [0.05, 0.1) is 0 Å². The molecule has 0 aliphatic carbocycles. The quantitative estimate of drug-likeness (QED) is 0.186. The molecule has 2 heterocycles. The highest BCUT2D eigenvalue weighted by Gasteiger charge is 2.19. The van der Waals surface area contributed by atoms with Gasteiger partial charge in [-0.25, -0.2) is 15.0 Å². The molecule has 0 saturated heterocycles. The molecule has 0 aliphatic heterocycles. The average Bonchev–Trinajstić information content (AvgIpc) is 3.59. The van der Waals surface area contributed by atoms with Crippen LogP contribution in [0.2, 0.25) is 0 Å². The molecule has 0 unspecified atom stereocenters. The molecule has 0 spiro atoms. The minimum atomic E-state index is 0.584. The summed E-state index contributed by atoms with van der Waals surface area (Å²) in [5, 5.41) is 6.89. The Kier molecular flexibility index (Phi) is 6.78. The van der Waals surface area contributed by atoms with E-state index < -0.39 is 0 Å². The van der Waals surface area contributed by atoms with Crippen LogP contribution in [0.1, 0.15) is 0 Å². The number of hydrogen-bond donors (Lipinski definition) is 0. The van der Waals surface area contributed by atoms with Gasteiger partial charge in [-0.1, -0.05) is 146 Å². The summed E-state index contributed by atoms with van der Waals surface area (Å²) in [7, 11) is 0. The first kappa shape index (κ1) is 29.0. The van der Waals surface area contributed by atoms with Gasteiger partial charge in [0, 0.05) is 27.5 Å². The summed E-state index contributed by atoms with van der Waals surface area (Å²) in [6, 6.07) is 61.2. The average molecular weight is 652 g/mol. The second-order valence-electron chi connectivity index (χ2n) is 12.8. The van der Waals surface area contributed by atoms with Crippen LogP contribution in [0.15, 0.2) is 180 Å². The van der Waals surface area contributed by atoms with Crippen molar-refractivity contribution in [3.8, 4) is 56.4 Å². The summed E-state index contributed by atoms with van der Waals surface area (Å²) in [6.07, 6.45) is 0. The maximum absolute atomic E-state index is 6.56. The van der Waals surface area contributed by atoms with Gasteiger partial charge in [0.1, 0.15) is 11.2 Å². The number of aromatic nitrogens is 3. The molecule has 4 heteroatoms. The van der Waals surface area contributed by atoms with Crippen LogP contribution >= 0.6 is 0 Å². The van der Waals surface area contributed by atoms with E-state index in [0.717, 1.165) is 60.7 Å². The van der Waals surface area contributed by atoms with E-state index in [9.17, 15) is 0 Å². The van der Waals surface area contributed by atoms with E-state index in [4.69, 9.17) is 19.4 Å². The van der Waals surface area contributed by atoms with Crippen LogP contribution in [0, 0.1) is 0 Å². The number of hydrogen-bond acceptors (Lipinski definition) is 4. The summed E-state index contributed by atoms with van der Waals surface area (Å²) in [5.41, 5.74) is 8.84. The lowest BCUT2D eigenvalue weighted by Crippen LogP contribution is -2.00. The van der Waals surface area contributed by atoms with Gasteiger partial charge >= 0.3 is 0 Å². The molecule has 0 bridgehead atoms. The largest absolute Gasteiger partial charge is 0.456 e. The Morgan fingerprint density at radius 3 is 1.76 bits per heavy atom. The van der Waals surface area contributed by atoms with Crippen LogP contribution in [0.25, 0.3) is 99.9 Å². The Labute approximate surface area is 294 Å². The number of benzene rings is 8. The topological polar surface area (TPSA) is 51.8 Å². The van der Waals surface area contributed by atoms with Crippen molar-refractivity contribution in [2.24, 2.45) is 0 Å². The zero-order valence-electron chi connectivity index (χ0n) is 27.5. The summed E-state index contributed by atoms with van der Waals surface area (Å²) >= 11 is 0. The second kappa shape index (κ2) is 11.9. The third kappa shape index (κ3) is 5.13. The minimum absolute atomic E-state index is 0.584. The van der Waals surface area contributed by atoms with Crippen molar-refractivity contribution in [1.29, 1.82) is 0 Å².